The van der Waals surface area contributed by atoms with Crippen molar-refractivity contribution in [3.63, 3.8) is 0 Å². The zero-order chi connectivity index (χ0) is 29.7. The maximum atomic E-state index is 13.9. The summed E-state index contributed by atoms with van der Waals surface area (Å²) in [4.78, 5) is 2.81. The summed E-state index contributed by atoms with van der Waals surface area (Å²) < 4.78 is 46.3. The predicted molar refractivity (Wildman–Crippen MR) is 165 cm³/mol. The number of hydrogen-bond donors (Lipinski definition) is 0. The average Bonchev–Trinajstić information content (AvgIpc) is 3.26. The van der Waals surface area contributed by atoms with Gasteiger partial charge in [0.2, 0.25) is 9.84 Å². The van der Waals surface area contributed by atoms with Crippen LogP contribution >= 0.6 is 11.6 Å². The summed E-state index contributed by atoms with van der Waals surface area (Å²) in [6.07, 6.45) is 1.74. The van der Waals surface area contributed by atoms with Gasteiger partial charge in [0.1, 0.15) is 10.6 Å². The van der Waals surface area contributed by atoms with Crippen LogP contribution in [0.15, 0.2) is 70.5 Å². The number of fused-ring (bicyclic) bond motifs is 1. The van der Waals surface area contributed by atoms with E-state index in [1.807, 2.05) is 43.7 Å². The Labute approximate surface area is 248 Å². The number of rotatable bonds is 13. The van der Waals surface area contributed by atoms with Crippen LogP contribution in [0.4, 0.5) is 0 Å². The summed E-state index contributed by atoms with van der Waals surface area (Å²) in [5, 5.41) is 1.14. The molecule has 0 amide bonds. The van der Waals surface area contributed by atoms with E-state index >= 15 is 0 Å². The second kappa shape index (κ2) is 13.2. The van der Waals surface area contributed by atoms with E-state index in [0.29, 0.717) is 27.7 Å². The molecule has 0 saturated heterocycles. The van der Waals surface area contributed by atoms with Gasteiger partial charge in [-0.2, -0.15) is 0 Å². The molecule has 0 aliphatic rings. The Morgan fingerprint density at radius 3 is 2.29 bits per heavy atom. The Morgan fingerprint density at radius 2 is 1.63 bits per heavy atom. The van der Waals surface area contributed by atoms with Crippen molar-refractivity contribution in [3.8, 4) is 17.2 Å². The minimum Gasteiger partial charge on any atom is -0.494 e. The van der Waals surface area contributed by atoms with Gasteiger partial charge in [-0.15, -0.1) is 0 Å². The number of methoxy groups -OCH3 is 2. The molecule has 0 spiro atoms. The molecule has 0 fully saturated rings. The highest BCUT2D eigenvalue weighted by Gasteiger charge is 2.29. The van der Waals surface area contributed by atoms with Gasteiger partial charge in [0.15, 0.2) is 11.5 Å². The van der Waals surface area contributed by atoms with Gasteiger partial charge in [-0.25, -0.2) is 8.42 Å². The molecule has 0 N–H and O–H groups in total. The number of halogens is 1. The molecular formula is C32H39ClN2O5S. The molecule has 9 heteroatoms. The molecule has 0 atom stereocenters. The molecule has 1 heterocycles. The highest BCUT2D eigenvalue weighted by Crippen LogP contribution is 2.38. The Balaban J connectivity index is 1.35. The highest BCUT2D eigenvalue weighted by molar-refractivity contribution is 7.91. The fraction of sp³-hybridized carbons (Fsp3) is 0.375. The van der Waals surface area contributed by atoms with Crippen LogP contribution < -0.4 is 14.2 Å². The lowest BCUT2D eigenvalue weighted by Crippen LogP contribution is -2.23. The summed E-state index contributed by atoms with van der Waals surface area (Å²) in [6, 6.07) is 18.1. The second-order valence-corrected chi connectivity index (χ2v) is 12.8. The number of ether oxygens (including phenoxy) is 3. The molecule has 7 nitrogen and oxygen atoms in total. The molecule has 0 saturated carbocycles. The fourth-order valence-electron chi connectivity index (χ4n) is 5.16. The number of aromatic nitrogens is 1. The summed E-state index contributed by atoms with van der Waals surface area (Å²) in [5.74, 6) is 2.12. The third-order valence-corrected chi connectivity index (χ3v) is 9.39. The first kappa shape index (κ1) is 30.8. The lowest BCUT2D eigenvalue weighted by molar-refractivity contribution is 0.264. The summed E-state index contributed by atoms with van der Waals surface area (Å²) >= 11 is 6.26. The van der Waals surface area contributed by atoms with Crippen LogP contribution in [-0.2, 0) is 23.3 Å². The summed E-state index contributed by atoms with van der Waals surface area (Å²) in [5.41, 5.74) is 2.79. The van der Waals surface area contributed by atoms with Crippen molar-refractivity contribution in [2.24, 2.45) is 7.05 Å². The van der Waals surface area contributed by atoms with Crippen LogP contribution in [0.5, 0.6) is 17.2 Å². The van der Waals surface area contributed by atoms with E-state index in [9.17, 15) is 8.42 Å². The Morgan fingerprint density at radius 1 is 0.927 bits per heavy atom. The summed E-state index contributed by atoms with van der Waals surface area (Å²) in [6.45, 7) is 6.31. The van der Waals surface area contributed by atoms with Crippen molar-refractivity contribution in [2.45, 2.75) is 42.4 Å². The molecule has 4 aromatic rings. The second-order valence-electron chi connectivity index (χ2n) is 10.5. The molecular weight excluding hydrogens is 560 g/mol. The maximum absolute atomic E-state index is 13.9. The molecule has 1 aromatic heterocycles. The SMILES string of the molecule is COc1ccc(CCN(C)CCCOc2ccc(S(=O)(=O)c3c(C(C)C)n(C)c4ccc(Cl)cc34)cc2)cc1OC. The fourth-order valence-corrected chi connectivity index (χ4v) is 7.16. The largest absolute Gasteiger partial charge is 0.494 e. The van der Waals surface area contributed by atoms with Crippen LogP contribution in [0.25, 0.3) is 10.9 Å². The van der Waals surface area contributed by atoms with Crippen LogP contribution in [0.2, 0.25) is 5.02 Å². The van der Waals surface area contributed by atoms with E-state index in [1.165, 1.54) is 5.56 Å². The average molecular weight is 599 g/mol. The monoisotopic (exact) mass is 598 g/mol. The summed E-state index contributed by atoms with van der Waals surface area (Å²) in [7, 11) is 3.48. The maximum Gasteiger partial charge on any atom is 0.209 e. The Kier molecular flexibility index (Phi) is 9.89. The first-order valence-corrected chi connectivity index (χ1v) is 15.6. The van der Waals surface area contributed by atoms with Gasteiger partial charge in [0.05, 0.1) is 25.7 Å². The van der Waals surface area contributed by atoms with Gasteiger partial charge in [0.25, 0.3) is 0 Å². The van der Waals surface area contributed by atoms with Crippen molar-refractivity contribution in [1.29, 1.82) is 0 Å². The molecule has 0 aliphatic carbocycles. The number of aryl methyl sites for hydroxylation is 1. The minimum atomic E-state index is -3.78. The van der Waals surface area contributed by atoms with E-state index in [1.54, 1.807) is 50.6 Å². The van der Waals surface area contributed by atoms with E-state index in [0.717, 1.165) is 48.6 Å². The number of likely N-dealkylation sites (N-methyl/N-ethyl adjacent to an activating group) is 1. The molecule has 0 radical (unpaired) electrons. The molecule has 0 bridgehead atoms. The molecule has 0 unspecified atom stereocenters. The van der Waals surface area contributed by atoms with Gasteiger partial charge in [-0.1, -0.05) is 31.5 Å². The quantitative estimate of drug-likeness (QED) is 0.159. The topological polar surface area (TPSA) is 70.0 Å². The lowest BCUT2D eigenvalue weighted by atomic mass is 10.1. The first-order valence-electron chi connectivity index (χ1n) is 13.7. The smallest absolute Gasteiger partial charge is 0.209 e. The van der Waals surface area contributed by atoms with E-state index in [-0.39, 0.29) is 10.8 Å². The minimum absolute atomic E-state index is 0.00993. The van der Waals surface area contributed by atoms with Crippen molar-refractivity contribution in [3.05, 3.63) is 76.9 Å². The van der Waals surface area contributed by atoms with Gasteiger partial charge >= 0.3 is 0 Å². The van der Waals surface area contributed by atoms with Crippen LogP contribution in [0, 0.1) is 0 Å². The lowest BCUT2D eigenvalue weighted by Gasteiger charge is -2.17. The van der Waals surface area contributed by atoms with E-state index in [4.69, 9.17) is 25.8 Å². The van der Waals surface area contributed by atoms with E-state index in [2.05, 4.69) is 18.0 Å². The van der Waals surface area contributed by atoms with Gasteiger partial charge in [-0.05, 0) is 86.0 Å². The van der Waals surface area contributed by atoms with Crippen molar-refractivity contribution >= 4 is 32.3 Å². The zero-order valence-corrected chi connectivity index (χ0v) is 26.2. The van der Waals surface area contributed by atoms with Crippen molar-refractivity contribution in [2.75, 3.05) is 41.0 Å². The van der Waals surface area contributed by atoms with Crippen LogP contribution in [0.3, 0.4) is 0 Å². The Bertz CT molecular complexity index is 1600. The van der Waals surface area contributed by atoms with Crippen molar-refractivity contribution < 1.29 is 22.6 Å². The molecule has 0 aliphatic heterocycles. The van der Waals surface area contributed by atoms with Crippen molar-refractivity contribution in [1.82, 2.24) is 9.47 Å². The van der Waals surface area contributed by atoms with Gasteiger partial charge in [-0.3, -0.25) is 0 Å². The van der Waals surface area contributed by atoms with Gasteiger partial charge < -0.3 is 23.7 Å². The Hall–Kier alpha value is -3.20. The number of hydrogen-bond acceptors (Lipinski definition) is 6. The molecule has 220 valence electrons. The van der Waals surface area contributed by atoms with Crippen LogP contribution in [-0.4, -0.2) is 58.8 Å². The van der Waals surface area contributed by atoms with Gasteiger partial charge in [0, 0.05) is 41.8 Å². The third-order valence-electron chi connectivity index (χ3n) is 7.29. The zero-order valence-electron chi connectivity index (χ0n) is 24.6. The first-order chi connectivity index (χ1) is 19.6. The highest BCUT2D eigenvalue weighted by atomic mass is 35.5. The van der Waals surface area contributed by atoms with E-state index < -0.39 is 9.84 Å². The standard InChI is InChI=1S/C32H39ClN2O5S/c1-22(2)31-32(27-21-24(33)9-14-28(27)35(31)4)41(36,37)26-12-10-25(11-13-26)40-19-7-17-34(3)18-16-23-8-15-29(38-5)30(20-23)39-6/h8-15,20-22H,7,16-19H2,1-6H3. The van der Waals surface area contributed by atoms with Crippen LogP contribution in [0.1, 0.15) is 37.4 Å². The normalized spacial score (nSPS) is 11.9. The number of sulfone groups is 1. The third kappa shape index (κ3) is 6.83. The number of benzene rings is 3. The molecule has 41 heavy (non-hydrogen) atoms. The predicted octanol–water partition coefficient (Wildman–Crippen LogP) is 6.75. The number of nitrogens with zero attached hydrogens (tertiary/aromatic N) is 2. The molecule has 4 rings (SSSR count). The molecule has 3 aromatic carbocycles.